The monoisotopic (exact) mass is 512 g/mol. The van der Waals surface area contributed by atoms with Crippen LogP contribution in [0, 0.1) is 13.8 Å². The lowest BCUT2D eigenvalue weighted by molar-refractivity contribution is 0.704. The second-order valence-corrected chi connectivity index (χ2v) is 12.3. The highest BCUT2D eigenvalue weighted by Crippen LogP contribution is 2.57. The molecule has 0 fully saturated rings. The smallest absolute Gasteiger partial charge is 0.0161 e. The summed E-state index contributed by atoms with van der Waals surface area (Å²) in [6.07, 6.45) is 1.04. The quantitative estimate of drug-likeness (QED) is 0.202. The molecule has 0 spiro atoms. The molecule has 0 atom stereocenters. The van der Waals surface area contributed by atoms with Gasteiger partial charge >= 0.3 is 0 Å². The third kappa shape index (κ3) is 3.20. The van der Waals surface area contributed by atoms with E-state index in [9.17, 15) is 0 Å². The summed E-state index contributed by atoms with van der Waals surface area (Å²) >= 11 is 0. The average Bonchev–Trinajstić information content (AvgIpc) is 3.45. The van der Waals surface area contributed by atoms with Gasteiger partial charge in [-0.2, -0.15) is 0 Å². The number of fused-ring (bicyclic) bond motifs is 6. The predicted molar refractivity (Wildman–Crippen MR) is 172 cm³/mol. The maximum atomic E-state index is 2.50. The van der Waals surface area contributed by atoms with Gasteiger partial charge in [-0.05, 0) is 104 Å². The summed E-state index contributed by atoms with van der Waals surface area (Å²) in [5, 5.41) is 5.25. The molecule has 6 aromatic rings. The molecule has 6 aromatic carbocycles. The van der Waals surface area contributed by atoms with Crippen molar-refractivity contribution in [1.82, 2.24) is 0 Å². The summed E-state index contributed by atoms with van der Waals surface area (Å²) in [6, 6.07) is 41.2. The molecule has 0 heteroatoms. The Morgan fingerprint density at radius 2 is 1.07 bits per heavy atom. The zero-order chi connectivity index (χ0) is 27.2. The van der Waals surface area contributed by atoms with E-state index in [1.54, 1.807) is 0 Å². The molecule has 0 heterocycles. The van der Waals surface area contributed by atoms with E-state index in [0.29, 0.717) is 0 Å². The molecule has 0 N–H and O–H groups in total. The van der Waals surface area contributed by atoms with Crippen molar-refractivity contribution in [3.8, 4) is 22.3 Å². The molecule has 0 saturated carbocycles. The summed E-state index contributed by atoms with van der Waals surface area (Å²) in [7, 11) is 0. The first-order valence-electron chi connectivity index (χ1n) is 14.4. The van der Waals surface area contributed by atoms with Crippen LogP contribution in [0.3, 0.4) is 0 Å². The fourth-order valence-corrected chi connectivity index (χ4v) is 7.55. The van der Waals surface area contributed by atoms with Crippen LogP contribution in [-0.4, -0.2) is 0 Å². The predicted octanol–water partition coefficient (Wildman–Crippen LogP) is 10.7. The summed E-state index contributed by atoms with van der Waals surface area (Å²) in [4.78, 5) is 0. The van der Waals surface area contributed by atoms with Gasteiger partial charge < -0.3 is 0 Å². The highest BCUT2D eigenvalue weighted by Gasteiger charge is 2.42. The summed E-state index contributed by atoms with van der Waals surface area (Å²) in [5.74, 6) is 0. The molecule has 0 bridgehead atoms. The van der Waals surface area contributed by atoms with Crippen molar-refractivity contribution in [2.75, 3.05) is 0 Å². The van der Waals surface area contributed by atoms with Crippen LogP contribution in [0.25, 0.3) is 54.9 Å². The van der Waals surface area contributed by atoms with E-state index in [-0.39, 0.29) is 5.41 Å². The summed E-state index contributed by atoms with van der Waals surface area (Å²) in [6.45, 7) is 9.21. The molecule has 2 aliphatic rings. The Bertz CT molecular complexity index is 1990. The number of hydrogen-bond acceptors (Lipinski definition) is 0. The Kier molecular flexibility index (Phi) is 4.86. The van der Waals surface area contributed by atoms with Gasteiger partial charge in [0.05, 0.1) is 0 Å². The van der Waals surface area contributed by atoms with Gasteiger partial charge in [0, 0.05) is 5.41 Å². The maximum absolute atomic E-state index is 2.50. The first-order valence-corrected chi connectivity index (χ1v) is 14.4. The molecule has 192 valence electrons. The van der Waals surface area contributed by atoms with Gasteiger partial charge in [0.25, 0.3) is 0 Å². The van der Waals surface area contributed by atoms with E-state index in [1.807, 2.05) is 0 Å². The molecule has 0 aliphatic heterocycles. The van der Waals surface area contributed by atoms with Crippen molar-refractivity contribution >= 4 is 32.7 Å². The third-order valence-corrected chi connectivity index (χ3v) is 9.41. The van der Waals surface area contributed by atoms with Gasteiger partial charge in [-0.25, -0.2) is 0 Å². The van der Waals surface area contributed by atoms with E-state index < -0.39 is 0 Å². The van der Waals surface area contributed by atoms with Gasteiger partial charge in [0.2, 0.25) is 0 Å². The normalized spacial score (nSPS) is 15.0. The topological polar surface area (TPSA) is 0 Å². The maximum Gasteiger partial charge on any atom is 0.0161 e. The first-order chi connectivity index (χ1) is 19.4. The zero-order valence-electron chi connectivity index (χ0n) is 23.6. The van der Waals surface area contributed by atoms with Crippen molar-refractivity contribution in [1.29, 1.82) is 0 Å². The lowest BCUT2D eigenvalue weighted by atomic mass is 9.77. The van der Waals surface area contributed by atoms with E-state index in [1.165, 1.54) is 88.3 Å². The Balaban J connectivity index is 1.38. The molecule has 0 radical (unpaired) electrons. The Hall–Kier alpha value is -4.42. The highest BCUT2D eigenvalue weighted by molar-refractivity contribution is 6.21. The van der Waals surface area contributed by atoms with Gasteiger partial charge in [-0.15, -0.1) is 0 Å². The number of allylic oxidation sites excluding steroid dienone is 2. The molecular formula is C40H32. The van der Waals surface area contributed by atoms with Crippen molar-refractivity contribution in [3.63, 3.8) is 0 Å². The Morgan fingerprint density at radius 3 is 1.70 bits per heavy atom. The fraction of sp³-hybridized carbons (Fsp3) is 0.150. The Labute approximate surface area is 236 Å². The number of aryl methyl sites for hydroxylation is 2. The van der Waals surface area contributed by atoms with Gasteiger partial charge in [0.15, 0.2) is 0 Å². The Morgan fingerprint density at radius 1 is 0.525 bits per heavy atom. The zero-order valence-corrected chi connectivity index (χ0v) is 23.6. The highest BCUT2D eigenvalue weighted by atomic mass is 14.4. The van der Waals surface area contributed by atoms with Crippen molar-refractivity contribution in [3.05, 3.63) is 143 Å². The summed E-state index contributed by atoms with van der Waals surface area (Å²) in [5.41, 5.74) is 16.7. The van der Waals surface area contributed by atoms with Crippen LogP contribution in [0.2, 0.25) is 0 Å². The van der Waals surface area contributed by atoms with Crippen LogP contribution < -0.4 is 0 Å². The lowest BCUT2D eigenvalue weighted by Gasteiger charge is -2.26. The second-order valence-electron chi connectivity index (χ2n) is 12.3. The van der Waals surface area contributed by atoms with E-state index in [4.69, 9.17) is 0 Å². The average molecular weight is 513 g/mol. The minimum atomic E-state index is -0.0346. The molecule has 8 rings (SSSR count). The van der Waals surface area contributed by atoms with Crippen LogP contribution in [0.15, 0.2) is 109 Å². The van der Waals surface area contributed by atoms with E-state index in [2.05, 4.69) is 137 Å². The SMILES string of the molecule is Cc1ccc(-c2c3ccccc3c(-c3ccc4c(c3)C(C)(C)C3=C4Cc4ccc(C)cc43)c3ccccc23)cc1. The van der Waals surface area contributed by atoms with E-state index in [0.717, 1.165) is 6.42 Å². The van der Waals surface area contributed by atoms with Crippen molar-refractivity contribution in [2.24, 2.45) is 0 Å². The second kappa shape index (κ2) is 8.29. The third-order valence-electron chi connectivity index (χ3n) is 9.41. The van der Waals surface area contributed by atoms with Crippen molar-refractivity contribution < 1.29 is 0 Å². The van der Waals surface area contributed by atoms with Crippen LogP contribution in [0.1, 0.15) is 47.2 Å². The molecule has 0 nitrogen and oxygen atoms in total. The van der Waals surface area contributed by atoms with Gasteiger partial charge in [-0.1, -0.05) is 128 Å². The molecule has 2 aliphatic carbocycles. The lowest BCUT2D eigenvalue weighted by Crippen LogP contribution is -2.16. The number of hydrogen-bond donors (Lipinski definition) is 0. The molecule has 40 heavy (non-hydrogen) atoms. The number of rotatable bonds is 2. The van der Waals surface area contributed by atoms with Gasteiger partial charge in [0.1, 0.15) is 0 Å². The standard InChI is InChI=1S/C40H32/c1-24-13-16-26(17-14-24)37-30-9-5-7-11-32(30)38(33-12-8-6-10-31(33)37)28-19-20-29-35-22-27-18-15-25(2)21-34(27)39(35)40(3,4)36(29)23-28/h5-21,23H,22H2,1-4H3. The van der Waals surface area contributed by atoms with Crippen LogP contribution in [-0.2, 0) is 11.8 Å². The van der Waals surface area contributed by atoms with Crippen LogP contribution >= 0.6 is 0 Å². The van der Waals surface area contributed by atoms with E-state index >= 15 is 0 Å². The first kappa shape index (κ1) is 23.5. The molecular weight excluding hydrogens is 480 g/mol. The number of benzene rings is 6. The molecule has 0 amide bonds. The van der Waals surface area contributed by atoms with Crippen LogP contribution in [0.4, 0.5) is 0 Å². The summed E-state index contributed by atoms with van der Waals surface area (Å²) < 4.78 is 0. The van der Waals surface area contributed by atoms with Crippen molar-refractivity contribution in [2.45, 2.75) is 39.5 Å². The molecule has 0 aromatic heterocycles. The molecule has 0 unspecified atom stereocenters. The van der Waals surface area contributed by atoms with Crippen LogP contribution in [0.5, 0.6) is 0 Å². The fourth-order valence-electron chi connectivity index (χ4n) is 7.55. The minimum Gasteiger partial charge on any atom is -0.0616 e. The van der Waals surface area contributed by atoms with Gasteiger partial charge in [-0.3, -0.25) is 0 Å². The minimum absolute atomic E-state index is 0.0346. The largest absolute Gasteiger partial charge is 0.0616 e. The molecule has 0 saturated heterocycles.